The SMILES string of the molecule is CCOC(CC[N+](=O)[O-])OCC. The zero-order chi connectivity index (χ0) is 9.40. The van der Waals surface area contributed by atoms with Crippen molar-refractivity contribution in [1.29, 1.82) is 0 Å². The van der Waals surface area contributed by atoms with Crippen LogP contribution in [0.3, 0.4) is 0 Å². The van der Waals surface area contributed by atoms with E-state index in [1.165, 1.54) is 0 Å². The van der Waals surface area contributed by atoms with E-state index in [0.29, 0.717) is 19.6 Å². The maximum atomic E-state index is 10.0. The van der Waals surface area contributed by atoms with Crippen molar-refractivity contribution < 1.29 is 14.4 Å². The highest BCUT2D eigenvalue weighted by molar-refractivity contribution is 4.42. The first-order valence-electron chi connectivity index (χ1n) is 4.05. The fourth-order valence-corrected chi connectivity index (χ4v) is 0.797. The number of hydrogen-bond donors (Lipinski definition) is 0. The molecule has 0 rings (SSSR count). The van der Waals surface area contributed by atoms with Crippen molar-refractivity contribution in [1.82, 2.24) is 0 Å². The third-order valence-corrected chi connectivity index (χ3v) is 1.25. The number of nitrogens with zero attached hydrogens (tertiary/aromatic N) is 1. The molecular formula is C7H15NO4. The molecule has 0 aromatic heterocycles. The van der Waals surface area contributed by atoms with E-state index in [2.05, 4.69) is 0 Å². The summed E-state index contributed by atoms with van der Waals surface area (Å²) in [6.07, 6.45) is -0.111. The van der Waals surface area contributed by atoms with Gasteiger partial charge in [-0.2, -0.15) is 0 Å². The molecule has 0 unspecified atom stereocenters. The smallest absolute Gasteiger partial charge is 0.208 e. The molecule has 0 bridgehead atoms. The standard InChI is InChI=1S/C7H15NO4/c1-3-11-7(12-4-2)5-6-8(9)10/h7H,3-6H2,1-2H3. The highest BCUT2D eigenvalue weighted by Crippen LogP contribution is 2.00. The summed E-state index contributed by atoms with van der Waals surface area (Å²) in [5, 5.41) is 10.0. The fourth-order valence-electron chi connectivity index (χ4n) is 0.797. The topological polar surface area (TPSA) is 61.6 Å². The molecule has 5 nitrogen and oxygen atoms in total. The fraction of sp³-hybridized carbons (Fsp3) is 1.00. The van der Waals surface area contributed by atoms with E-state index < -0.39 is 6.29 Å². The zero-order valence-corrected chi connectivity index (χ0v) is 7.49. The monoisotopic (exact) mass is 177 g/mol. The molecule has 0 fully saturated rings. The lowest BCUT2D eigenvalue weighted by atomic mass is 10.4. The van der Waals surface area contributed by atoms with Crippen LogP contribution in [-0.2, 0) is 9.47 Å². The van der Waals surface area contributed by atoms with Gasteiger partial charge in [-0.3, -0.25) is 10.1 Å². The van der Waals surface area contributed by atoms with Crippen molar-refractivity contribution in [3.05, 3.63) is 10.1 Å². The van der Waals surface area contributed by atoms with Crippen LogP contribution in [0.4, 0.5) is 0 Å². The van der Waals surface area contributed by atoms with Crippen LogP contribution in [0.15, 0.2) is 0 Å². The van der Waals surface area contributed by atoms with Gasteiger partial charge in [0.25, 0.3) is 0 Å². The summed E-state index contributed by atoms with van der Waals surface area (Å²) in [7, 11) is 0. The zero-order valence-electron chi connectivity index (χ0n) is 7.49. The van der Waals surface area contributed by atoms with Crippen LogP contribution in [-0.4, -0.2) is 31.0 Å². The summed E-state index contributed by atoms with van der Waals surface area (Å²) in [6, 6.07) is 0. The van der Waals surface area contributed by atoms with Crippen LogP contribution in [0, 0.1) is 10.1 Å². The molecule has 0 aliphatic carbocycles. The van der Waals surface area contributed by atoms with Crippen molar-refractivity contribution >= 4 is 0 Å². The van der Waals surface area contributed by atoms with E-state index in [4.69, 9.17) is 9.47 Å². The molecular weight excluding hydrogens is 162 g/mol. The largest absolute Gasteiger partial charge is 0.353 e. The normalized spacial score (nSPS) is 10.6. The molecule has 0 saturated heterocycles. The van der Waals surface area contributed by atoms with E-state index in [9.17, 15) is 10.1 Å². The van der Waals surface area contributed by atoms with Gasteiger partial charge in [-0.1, -0.05) is 0 Å². The van der Waals surface area contributed by atoms with Crippen molar-refractivity contribution in [3.8, 4) is 0 Å². The van der Waals surface area contributed by atoms with Gasteiger partial charge in [0, 0.05) is 18.1 Å². The van der Waals surface area contributed by atoms with Crippen LogP contribution >= 0.6 is 0 Å². The van der Waals surface area contributed by atoms with E-state index in [1.807, 2.05) is 13.8 Å². The summed E-state index contributed by atoms with van der Waals surface area (Å²) in [5.41, 5.74) is 0. The van der Waals surface area contributed by atoms with Crippen LogP contribution in [0.25, 0.3) is 0 Å². The van der Waals surface area contributed by atoms with Crippen molar-refractivity contribution in [3.63, 3.8) is 0 Å². The second-order valence-corrected chi connectivity index (χ2v) is 2.19. The summed E-state index contributed by atoms with van der Waals surface area (Å²) >= 11 is 0. The number of nitro groups is 1. The Hall–Kier alpha value is -0.680. The Morgan fingerprint density at radius 2 is 1.83 bits per heavy atom. The third-order valence-electron chi connectivity index (χ3n) is 1.25. The molecule has 0 spiro atoms. The molecule has 0 amide bonds. The van der Waals surface area contributed by atoms with Gasteiger partial charge < -0.3 is 9.47 Å². The predicted molar refractivity (Wildman–Crippen MR) is 43.5 cm³/mol. The number of rotatable bonds is 7. The molecule has 0 aliphatic heterocycles. The lowest BCUT2D eigenvalue weighted by molar-refractivity contribution is -0.484. The molecule has 0 radical (unpaired) electrons. The third kappa shape index (κ3) is 6.06. The van der Waals surface area contributed by atoms with Gasteiger partial charge in [0.05, 0.1) is 6.42 Å². The Balaban J connectivity index is 3.54. The van der Waals surface area contributed by atoms with Crippen molar-refractivity contribution in [2.75, 3.05) is 19.8 Å². The highest BCUT2D eigenvalue weighted by Gasteiger charge is 2.10. The Morgan fingerprint density at radius 3 is 2.17 bits per heavy atom. The Labute approximate surface area is 71.8 Å². The van der Waals surface area contributed by atoms with Gasteiger partial charge >= 0.3 is 0 Å². The van der Waals surface area contributed by atoms with Crippen molar-refractivity contribution in [2.24, 2.45) is 0 Å². The molecule has 12 heavy (non-hydrogen) atoms. The van der Waals surface area contributed by atoms with Gasteiger partial charge in [-0.05, 0) is 13.8 Å². The lowest BCUT2D eigenvalue weighted by Gasteiger charge is -2.14. The summed E-state index contributed by atoms with van der Waals surface area (Å²) < 4.78 is 10.2. The van der Waals surface area contributed by atoms with Gasteiger partial charge in [0.2, 0.25) is 6.54 Å². The predicted octanol–water partition coefficient (Wildman–Crippen LogP) is 1.05. The molecule has 0 saturated carbocycles. The first-order chi connectivity index (χ1) is 5.70. The average Bonchev–Trinajstić information content (AvgIpc) is 2.01. The van der Waals surface area contributed by atoms with Crippen LogP contribution < -0.4 is 0 Å². The van der Waals surface area contributed by atoms with Gasteiger partial charge in [-0.25, -0.2) is 0 Å². The molecule has 0 N–H and O–H groups in total. The van der Waals surface area contributed by atoms with E-state index in [-0.39, 0.29) is 11.5 Å². The lowest BCUT2D eigenvalue weighted by Crippen LogP contribution is -2.20. The van der Waals surface area contributed by atoms with Gasteiger partial charge in [-0.15, -0.1) is 0 Å². The number of hydrogen-bond acceptors (Lipinski definition) is 4. The molecule has 0 aromatic rings. The minimum atomic E-state index is -0.426. The molecule has 0 aliphatic rings. The summed E-state index contributed by atoms with van der Waals surface area (Å²) in [5.74, 6) is 0. The minimum Gasteiger partial charge on any atom is -0.353 e. The van der Waals surface area contributed by atoms with E-state index in [1.54, 1.807) is 0 Å². The number of ether oxygens (including phenoxy) is 2. The Morgan fingerprint density at radius 1 is 1.33 bits per heavy atom. The maximum Gasteiger partial charge on any atom is 0.208 e. The Kier molecular flexibility index (Phi) is 6.60. The Bertz CT molecular complexity index is 123. The first-order valence-corrected chi connectivity index (χ1v) is 4.05. The quantitative estimate of drug-likeness (QED) is 0.331. The second-order valence-electron chi connectivity index (χ2n) is 2.19. The summed E-state index contributed by atoms with van der Waals surface area (Å²) in [6.45, 7) is 4.59. The molecule has 0 heterocycles. The highest BCUT2D eigenvalue weighted by atomic mass is 16.7. The van der Waals surface area contributed by atoms with Gasteiger partial charge in [0.15, 0.2) is 6.29 Å². The van der Waals surface area contributed by atoms with Crippen LogP contribution in [0.2, 0.25) is 0 Å². The molecule has 0 aromatic carbocycles. The van der Waals surface area contributed by atoms with E-state index >= 15 is 0 Å². The minimum absolute atomic E-state index is 0.106. The molecule has 0 atom stereocenters. The molecule has 5 heteroatoms. The second kappa shape index (κ2) is 7.00. The maximum absolute atomic E-state index is 10.0. The van der Waals surface area contributed by atoms with Crippen LogP contribution in [0.1, 0.15) is 20.3 Å². The van der Waals surface area contributed by atoms with Gasteiger partial charge in [0.1, 0.15) is 0 Å². The van der Waals surface area contributed by atoms with Crippen molar-refractivity contribution in [2.45, 2.75) is 26.6 Å². The average molecular weight is 177 g/mol. The molecule has 72 valence electrons. The first kappa shape index (κ1) is 11.3. The summed E-state index contributed by atoms with van der Waals surface area (Å²) in [4.78, 5) is 9.64. The van der Waals surface area contributed by atoms with Crippen LogP contribution in [0.5, 0.6) is 0 Å². The van der Waals surface area contributed by atoms with E-state index in [0.717, 1.165) is 0 Å².